The fourth-order valence-corrected chi connectivity index (χ4v) is 8.98. The summed E-state index contributed by atoms with van der Waals surface area (Å²) in [4.78, 5) is 28.1. The van der Waals surface area contributed by atoms with E-state index < -0.39 is 22.2 Å². The summed E-state index contributed by atoms with van der Waals surface area (Å²) in [5.41, 5.74) is 0.890. The summed E-state index contributed by atoms with van der Waals surface area (Å²) in [6.45, 7) is 1.59. The van der Waals surface area contributed by atoms with Crippen LogP contribution in [0.15, 0.2) is 53.4 Å². The lowest BCUT2D eigenvalue weighted by Gasteiger charge is -2.34. The van der Waals surface area contributed by atoms with E-state index in [0.29, 0.717) is 57.8 Å². The lowest BCUT2D eigenvalue weighted by atomic mass is 9.90. The van der Waals surface area contributed by atoms with Gasteiger partial charge in [0.1, 0.15) is 16.4 Å². The third-order valence-electron chi connectivity index (χ3n) is 10.0. The van der Waals surface area contributed by atoms with Gasteiger partial charge in [-0.15, -0.1) is 0 Å². The van der Waals surface area contributed by atoms with Crippen LogP contribution in [0.5, 0.6) is 11.5 Å². The number of ether oxygens (including phenoxy) is 4. The number of sulfonamides is 1. The van der Waals surface area contributed by atoms with E-state index in [-0.39, 0.29) is 66.1 Å². The van der Waals surface area contributed by atoms with Crippen molar-refractivity contribution in [3.8, 4) is 11.5 Å². The summed E-state index contributed by atoms with van der Waals surface area (Å²) >= 11 is 0. The summed E-state index contributed by atoms with van der Waals surface area (Å²) in [5.74, 6) is 0.570. The zero-order valence-electron chi connectivity index (χ0n) is 27.5. The van der Waals surface area contributed by atoms with Crippen LogP contribution in [0.25, 0.3) is 0 Å². The fraction of sp³-hybridized carbons (Fsp3) is 0.600. The first-order chi connectivity index (χ1) is 23.2. The highest BCUT2D eigenvalue weighted by molar-refractivity contribution is 7.89. The molecule has 0 aromatic heterocycles. The van der Waals surface area contributed by atoms with Crippen LogP contribution in [0, 0.1) is 11.8 Å². The molecule has 0 saturated carbocycles. The van der Waals surface area contributed by atoms with Crippen molar-refractivity contribution >= 4 is 21.8 Å². The molecule has 3 saturated heterocycles. The molecule has 3 fully saturated rings. The van der Waals surface area contributed by atoms with Crippen LogP contribution >= 0.6 is 0 Å². The van der Waals surface area contributed by atoms with Crippen LogP contribution in [-0.2, 0) is 35.5 Å². The summed E-state index contributed by atoms with van der Waals surface area (Å²) in [6.07, 6.45) is 2.98. The molecule has 0 spiro atoms. The van der Waals surface area contributed by atoms with Gasteiger partial charge < -0.3 is 34.3 Å². The molecular weight excluding hydrogens is 638 g/mol. The molecule has 0 unspecified atom stereocenters. The molecule has 4 aliphatic rings. The monoisotopic (exact) mass is 685 g/mol. The van der Waals surface area contributed by atoms with Gasteiger partial charge in [0, 0.05) is 50.5 Å². The molecule has 262 valence electrons. The second-order valence-electron chi connectivity index (χ2n) is 13.2. The molecule has 6 atom stereocenters. The fourth-order valence-electron chi connectivity index (χ4n) is 7.37. The molecule has 2 amide bonds. The van der Waals surface area contributed by atoms with Crippen LogP contribution in [0.2, 0.25) is 0 Å². The molecule has 0 aliphatic carbocycles. The number of carbonyl (C=O) groups is 2. The van der Waals surface area contributed by atoms with Crippen molar-refractivity contribution in [2.75, 3.05) is 46.6 Å². The first kappa shape index (κ1) is 34.6. The molecule has 2 N–H and O–H groups in total. The second-order valence-corrected chi connectivity index (χ2v) is 15.2. The van der Waals surface area contributed by atoms with E-state index in [4.69, 9.17) is 18.9 Å². The number of methoxy groups -OCH3 is 1. The standard InChI is InChI=1S/C35H47N3O9S/c1-44-27-11-12-32-31(20-27)45-16-7-3-6-15-38-26(10-13-34(38)41)21-37(48(32,42)43)22-30(39)29(18-24-8-4-2-5-9-24)36-33(40)19-25-23-47-35-28(25)14-17-46-35/h2,4-5,8-9,11-12,20,25-26,28-30,35,39H,3,6-7,10,13-19,21-23H2,1H3,(H,36,40)/t25-,26-,28-,29-,30+,35+/m0/s1. The molecule has 0 bridgehead atoms. The van der Waals surface area contributed by atoms with Crippen LogP contribution in [0.1, 0.15) is 50.5 Å². The van der Waals surface area contributed by atoms with Gasteiger partial charge in [-0.25, -0.2) is 8.42 Å². The molecular formula is C35H47N3O9S. The van der Waals surface area contributed by atoms with Gasteiger partial charge in [-0.2, -0.15) is 4.31 Å². The Labute approximate surface area is 282 Å². The van der Waals surface area contributed by atoms with Crippen LogP contribution in [0.4, 0.5) is 0 Å². The Kier molecular flexibility index (Phi) is 11.2. The van der Waals surface area contributed by atoms with Crippen LogP contribution < -0.4 is 14.8 Å². The smallest absolute Gasteiger partial charge is 0.246 e. The van der Waals surface area contributed by atoms with Crippen LogP contribution in [-0.4, -0.2) is 106 Å². The van der Waals surface area contributed by atoms with Gasteiger partial charge in [-0.1, -0.05) is 30.3 Å². The zero-order chi connectivity index (χ0) is 33.7. The summed E-state index contributed by atoms with van der Waals surface area (Å²) in [5, 5.41) is 14.9. The third kappa shape index (κ3) is 7.97. The molecule has 4 heterocycles. The number of benzene rings is 2. The predicted octanol–water partition coefficient (Wildman–Crippen LogP) is 2.73. The lowest BCUT2D eigenvalue weighted by Crippen LogP contribution is -2.53. The number of fused-ring (bicyclic) bond motifs is 3. The normalized spacial score (nSPS) is 27.3. The Hall–Kier alpha value is -3.23. The lowest BCUT2D eigenvalue weighted by molar-refractivity contribution is -0.129. The van der Waals surface area contributed by atoms with Crippen LogP contribution in [0.3, 0.4) is 0 Å². The number of aliphatic hydroxyl groups excluding tert-OH is 1. The largest absolute Gasteiger partial charge is 0.497 e. The summed E-state index contributed by atoms with van der Waals surface area (Å²) in [6, 6.07) is 13.0. The highest BCUT2D eigenvalue weighted by Gasteiger charge is 2.43. The Morgan fingerprint density at radius 2 is 1.92 bits per heavy atom. The minimum Gasteiger partial charge on any atom is -0.497 e. The number of nitrogens with one attached hydrogen (secondary N) is 1. The van der Waals surface area contributed by atoms with Crippen molar-refractivity contribution < 1.29 is 42.1 Å². The van der Waals surface area contributed by atoms with E-state index in [1.807, 2.05) is 30.3 Å². The minimum absolute atomic E-state index is 0.00505. The Morgan fingerprint density at radius 1 is 1.08 bits per heavy atom. The van der Waals surface area contributed by atoms with Crippen molar-refractivity contribution in [3.05, 3.63) is 54.1 Å². The topological polar surface area (TPSA) is 144 Å². The number of hydrogen-bond donors (Lipinski definition) is 2. The highest BCUT2D eigenvalue weighted by atomic mass is 32.2. The molecule has 6 rings (SSSR count). The SMILES string of the molecule is COc1ccc2c(c1)OCCCCCN1C(=O)CC[C@H]1CN(C[C@@H](O)[C@H](Cc1ccccc1)NC(=O)C[C@H]1CO[C@H]3OCC[C@@H]13)S2(=O)=O. The molecule has 2 aromatic carbocycles. The Morgan fingerprint density at radius 3 is 2.73 bits per heavy atom. The quantitative estimate of drug-likeness (QED) is 0.407. The van der Waals surface area contributed by atoms with Gasteiger partial charge in [-0.05, 0) is 62.1 Å². The molecule has 48 heavy (non-hydrogen) atoms. The number of rotatable bonds is 9. The molecule has 4 aliphatic heterocycles. The van der Waals surface area contributed by atoms with E-state index in [1.165, 1.54) is 17.5 Å². The first-order valence-electron chi connectivity index (χ1n) is 17.1. The van der Waals surface area contributed by atoms with Crippen molar-refractivity contribution in [1.29, 1.82) is 0 Å². The molecule has 2 aromatic rings. The molecule has 12 nitrogen and oxygen atoms in total. The number of carbonyl (C=O) groups excluding carboxylic acids is 2. The summed E-state index contributed by atoms with van der Waals surface area (Å²) < 4.78 is 53.1. The maximum Gasteiger partial charge on any atom is 0.246 e. The minimum atomic E-state index is -4.25. The van der Waals surface area contributed by atoms with Crippen molar-refractivity contribution in [2.24, 2.45) is 11.8 Å². The van der Waals surface area contributed by atoms with Gasteiger partial charge in [0.25, 0.3) is 0 Å². The van der Waals surface area contributed by atoms with E-state index in [9.17, 15) is 23.1 Å². The Balaban J connectivity index is 1.28. The average molecular weight is 686 g/mol. The van der Waals surface area contributed by atoms with Gasteiger partial charge in [0.2, 0.25) is 21.8 Å². The molecule has 0 radical (unpaired) electrons. The Bertz CT molecular complexity index is 1520. The number of nitrogens with zero attached hydrogens (tertiary/aromatic N) is 2. The zero-order valence-corrected chi connectivity index (χ0v) is 28.3. The van der Waals surface area contributed by atoms with Gasteiger partial charge in [0.15, 0.2) is 6.29 Å². The predicted molar refractivity (Wildman–Crippen MR) is 176 cm³/mol. The second kappa shape index (κ2) is 15.5. The number of aliphatic hydroxyl groups is 1. The van der Waals surface area contributed by atoms with E-state index in [2.05, 4.69) is 5.32 Å². The first-order valence-corrected chi connectivity index (χ1v) is 18.5. The number of amides is 2. The van der Waals surface area contributed by atoms with Crippen molar-refractivity contribution in [2.45, 2.75) is 80.7 Å². The average Bonchev–Trinajstić information content (AvgIpc) is 3.79. The summed E-state index contributed by atoms with van der Waals surface area (Å²) in [7, 11) is -2.75. The maximum absolute atomic E-state index is 14.5. The maximum atomic E-state index is 14.5. The van der Waals surface area contributed by atoms with Crippen molar-refractivity contribution in [1.82, 2.24) is 14.5 Å². The van der Waals surface area contributed by atoms with E-state index in [1.54, 1.807) is 17.0 Å². The number of β-amino-alcohol motifs (C(OH)–C–C–N with tert-alkyl or cyclic N) is 1. The van der Waals surface area contributed by atoms with Gasteiger partial charge in [0.05, 0.1) is 39.1 Å². The van der Waals surface area contributed by atoms with E-state index >= 15 is 0 Å². The molecule has 13 heteroatoms. The van der Waals surface area contributed by atoms with Gasteiger partial charge in [-0.3, -0.25) is 9.59 Å². The highest BCUT2D eigenvalue weighted by Crippen LogP contribution is 2.37. The third-order valence-corrected chi connectivity index (χ3v) is 11.9. The van der Waals surface area contributed by atoms with E-state index in [0.717, 1.165) is 24.8 Å². The van der Waals surface area contributed by atoms with Crippen molar-refractivity contribution in [3.63, 3.8) is 0 Å². The number of hydrogen-bond acceptors (Lipinski definition) is 9. The van der Waals surface area contributed by atoms with Gasteiger partial charge >= 0.3 is 0 Å².